The van der Waals surface area contributed by atoms with E-state index in [0.29, 0.717) is 10.6 Å². The highest BCUT2D eigenvalue weighted by Gasteiger charge is 2.08. The van der Waals surface area contributed by atoms with Gasteiger partial charge < -0.3 is 4.74 Å². The minimum atomic E-state index is -0.638. The molecule has 2 aromatic rings. The average molecular weight is 335 g/mol. The van der Waals surface area contributed by atoms with Crippen molar-refractivity contribution in [2.45, 2.75) is 6.61 Å². The standard InChI is InChI=1S/C12H7BrClF2NO/c13-8-5-9(14)7(4-10(8)15)6-18-12-3-1-2-11(16)17-12/h1-5H,6H2. The van der Waals surface area contributed by atoms with Gasteiger partial charge in [-0.25, -0.2) is 4.39 Å². The van der Waals surface area contributed by atoms with Crippen LogP contribution in [0.5, 0.6) is 5.88 Å². The Kier molecular flexibility index (Phi) is 4.14. The summed E-state index contributed by atoms with van der Waals surface area (Å²) < 4.78 is 31.6. The molecule has 0 saturated heterocycles. The monoisotopic (exact) mass is 333 g/mol. The second-order valence-corrected chi connectivity index (χ2v) is 4.71. The molecule has 1 aromatic carbocycles. The highest BCUT2D eigenvalue weighted by atomic mass is 79.9. The van der Waals surface area contributed by atoms with Gasteiger partial charge in [-0.1, -0.05) is 17.7 Å². The molecule has 0 N–H and O–H groups in total. The molecule has 0 spiro atoms. The molecule has 0 atom stereocenters. The third kappa shape index (κ3) is 3.17. The van der Waals surface area contributed by atoms with Crippen molar-refractivity contribution in [2.24, 2.45) is 0 Å². The van der Waals surface area contributed by atoms with Crippen molar-refractivity contribution in [3.05, 3.63) is 57.2 Å². The molecule has 0 unspecified atom stereocenters. The molecule has 94 valence electrons. The fourth-order valence-corrected chi connectivity index (χ4v) is 1.99. The largest absolute Gasteiger partial charge is 0.473 e. The Morgan fingerprint density at radius 2 is 2.06 bits per heavy atom. The van der Waals surface area contributed by atoms with Gasteiger partial charge in [0.15, 0.2) is 0 Å². The van der Waals surface area contributed by atoms with Crippen LogP contribution in [0.15, 0.2) is 34.8 Å². The summed E-state index contributed by atoms with van der Waals surface area (Å²) in [5.41, 5.74) is 0.462. The van der Waals surface area contributed by atoms with Crippen LogP contribution in [0.4, 0.5) is 8.78 Å². The molecule has 0 amide bonds. The number of rotatable bonds is 3. The van der Waals surface area contributed by atoms with Gasteiger partial charge in [-0.3, -0.25) is 0 Å². The van der Waals surface area contributed by atoms with E-state index in [9.17, 15) is 8.78 Å². The van der Waals surface area contributed by atoms with Crippen LogP contribution in [0.2, 0.25) is 5.02 Å². The highest BCUT2D eigenvalue weighted by molar-refractivity contribution is 9.10. The summed E-state index contributed by atoms with van der Waals surface area (Å²) in [6.45, 7) is 0.0134. The van der Waals surface area contributed by atoms with Crippen molar-refractivity contribution in [3.63, 3.8) is 0 Å². The van der Waals surface area contributed by atoms with Gasteiger partial charge in [-0.15, -0.1) is 0 Å². The number of halogens is 4. The van der Waals surface area contributed by atoms with Crippen LogP contribution in [0, 0.1) is 11.8 Å². The molecule has 1 aromatic heterocycles. The van der Waals surface area contributed by atoms with E-state index < -0.39 is 11.8 Å². The molecule has 18 heavy (non-hydrogen) atoms. The van der Waals surface area contributed by atoms with Gasteiger partial charge in [-0.05, 0) is 34.1 Å². The lowest BCUT2D eigenvalue weighted by Crippen LogP contribution is -1.99. The molecular formula is C12H7BrClF2NO. The van der Waals surface area contributed by atoms with Gasteiger partial charge >= 0.3 is 0 Å². The number of aromatic nitrogens is 1. The van der Waals surface area contributed by atoms with E-state index in [-0.39, 0.29) is 17.0 Å². The molecule has 0 fully saturated rings. The molecular weight excluding hydrogens is 327 g/mol. The lowest BCUT2D eigenvalue weighted by molar-refractivity contribution is 0.288. The van der Waals surface area contributed by atoms with Gasteiger partial charge in [0.1, 0.15) is 12.4 Å². The van der Waals surface area contributed by atoms with Crippen LogP contribution >= 0.6 is 27.5 Å². The zero-order chi connectivity index (χ0) is 13.1. The number of pyridine rings is 1. The highest BCUT2D eigenvalue weighted by Crippen LogP contribution is 2.25. The molecule has 0 aliphatic rings. The molecule has 2 nitrogen and oxygen atoms in total. The second-order valence-electron chi connectivity index (χ2n) is 3.44. The first-order valence-corrected chi connectivity index (χ1v) is 6.12. The first kappa shape index (κ1) is 13.2. The summed E-state index contributed by atoms with van der Waals surface area (Å²) >= 11 is 8.95. The fourth-order valence-electron chi connectivity index (χ4n) is 1.30. The van der Waals surface area contributed by atoms with E-state index in [0.717, 1.165) is 0 Å². The first-order valence-electron chi connectivity index (χ1n) is 4.95. The molecule has 0 aliphatic heterocycles. The van der Waals surface area contributed by atoms with Gasteiger partial charge in [0.25, 0.3) is 0 Å². The smallest absolute Gasteiger partial charge is 0.216 e. The number of ether oxygens (including phenoxy) is 1. The van der Waals surface area contributed by atoms with Crippen molar-refractivity contribution >= 4 is 27.5 Å². The molecule has 0 aliphatic carbocycles. The van der Waals surface area contributed by atoms with E-state index in [1.165, 1.54) is 30.3 Å². The number of benzene rings is 1. The topological polar surface area (TPSA) is 22.1 Å². The van der Waals surface area contributed by atoms with E-state index in [1.54, 1.807) is 0 Å². The first-order chi connectivity index (χ1) is 8.56. The quantitative estimate of drug-likeness (QED) is 0.615. The molecule has 0 bridgehead atoms. The Labute approximate surface area is 116 Å². The molecule has 1 heterocycles. The lowest BCUT2D eigenvalue weighted by Gasteiger charge is -2.08. The Balaban J connectivity index is 2.13. The zero-order valence-corrected chi connectivity index (χ0v) is 11.3. The Morgan fingerprint density at radius 1 is 1.28 bits per heavy atom. The molecule has 0 radical (unpaired) electrons. The predicted octanol–water partition coefficient (Wildman–Crippen LogP) is 4.35. The molecule has 6 heteroatoms. The number of hydrogen-bond acceptors (Lipinski definition) is 2. The minimum absolute atomic E-state index is 0.0134. The van der Waals surface area contributed by atoms with E-state index in [1.807, 2.05) is 0 Å². The van der Waals surface area contributed by atoms with Crippen LogP contribution in [-0.4, -0.2) is 4.98 Å². The zero-order valence-electron chi connectivity index (χ0n) is 8.96. The summed E-state index contributed by atoms with van der Waals surface area (Å²) in [7, 11) is 0. The van der Waals surface area contributed by atoms with E-state index >= 15 is 0 Å². The summed E-state index contributed by atoms with van der Waals surface area (Å²) in [6, 6.07) is 6.88. The summed E-state index contributed by atoms with van der Waals surface area (Å²) in [4.78, 5) is 3.52. The summed E-state index contributed by atoms with van der Waals surface area (Å²) in [5.74, 6) is -0.958. The number of nitrogens with zero attached hydrogens (tertiary/aromatic N) is 1. The molecule has 0 saturated carbocycles. The van der Waals surface area contributed by atoms with Crippen molar-refractivity contribution < 1.29 is 13.5 Å². The maximum Gasteiger partial charge on any atom is 0.216 e. The lowest BCUT2D eigenvalue weighted by atomic mass is 10.2. The van der Waals surface area contributed by atoms with Crippen molar-refractivity contribution in [1.82, 2.24) is 4.98 Å². The Morgan fingerprint density at radius 3 is 2.78 bits per heavy atom. The second kappa shape index (κ2) is 5.63. The minimum Gasteiger partial charge on any atom is -0.473 e. The average Bonchev–Trinajstić information content (AvgIpc) is 2.32. The van der Waals surface area contributed by atoms with Crippen LogP contribution in [0.1, 0.15) is 5.56 Å². The van der Waals surface area contributed by atoms with Gasteiger partial charge in [-0.2, -0.15) is 9.37 Å². The van der Waals surface area contributed by atoms with Crippen LogP contribution < -0.4 is 4.74 Å². The van der Waals surface area contributed by atoms with Crippen LogP contribution in [0.25, 0.3) is 0 Å². The number of hydrogen-bond donors (Lipinski definition) is 0. The SMILES string of the molecule is Fc1cccc(OCc2cc(F)c(Br)cc2Cl)n1. The van der Waals surface area contributed by atoms with Gasteiger partial charge in [0, 0.05) is 16.7 Å². The van der Waals surface area contributed by atoms with E-state index in [4.69, 9.17) is 16.3 Å². The third-order valence-electron chi connectivity index (χ3n) is 2.15. The van der Waals surface area contributed by atoms with Crippen molar-refractivity contribution in [1.29, 1.82) is 0 Å². The summed E-state index contributed by atoms with van der Waals surface area (Å²) in [6.07, 6.45) is 0. The summed E-state index contributed by atoms with van der Waals surface area (Å²) in [5, 5.41) is 0.361. The Bertz CT molecular complexity index is 580. The third-order valence-corrected chi connectivity index (χ3v) is 3.11. The van der Waals surface area contributed by atoms with Crippen LogP contribution in [0.3, 0.4) is 0 Å². The van der Waals surface area contributed by atoms with Crippen molar-refractivity contribution in [2.75, 3.05) is 0 Å². The van der Waals surface area contributed by atoms with Crippen LogP contribution in [-0.2, 0) is 6.61 Å². The maximum absolute atomic E-state index is 13.3. The van der Waals surface area contributed by atoms with Gasteiger partial charge in [0.2, 0.25) is 11.8 Å². The predicted molar refractivity (Wildman–Crippen MR) is 67.6 cm³/mol. The van der Waals surface area contributed by atoms with Gasteiger partial charge in [0.05, 0.1) is 4.47 Å². The van der Waals surface area contributed by atoms with E-state index in [2.05, 4.69) is 20.9 Å². The maximum atomic E-state index is 13.3. The molecule has 2 rings (SSSR count). The fraction of sp³-hybridized carbons (Fsp3) is 0.0833. The normalized spacial score (nSPS) is 10.4. The van der Waals surface area contributed by atoms with Crippen molar-refractivity contribution in [3.8, 4) is 5.88 Å². The Hall–Kier alpha value is -1.20.